The zero-order valence-electron chi connectivity index (χ0n) is 12.6. The van der Waals surface area contributed by atoms with Crippen molar-refractivity contribution in [3.05, 3.63) is 23.4 Å². The molecule has 0 aromatic carbocycles. The van der Waals surface area contributed by atoms with Gasteiger partial charge in [0.1, 0.15) is 5.82 Å². The summed E-state index contributed by atoms with van der Waals surface area (Å²) in [4.78, 5) is 7.25. The van der Waals surface area contributed by atoms with E-state index in [0.717, 1.165) is 25.3 Å². The summed E-state index contributed by atoms with van der Waals surface area (Å²) in [6.07, 6.45) is 5.40. The number of rotatable bonds is 6. The molecule has 1 aliphatic rings. The normalized spacial score (nSPS) is 15.9. The highest BCUT2D eigenvalue weighted by atomic mass is 15.2. The van der Waals surface area contributed by atoms with Crippen LogP contribution in [-0.2, 0) is 6.54 Å². The Kier molecular flexibility index (Phi) is 5.20. The summed E-state index contributed by atoms with van der Waals surface area (Å²) in [5, 5.41) is 3.40. The smallest absolute Gasteiger partial charge is 0.129 e. The molecule has 1 aromatic heterocycles. The van der Waals surface area contributed by atoms with Gasteiger partial charge in [0.15, 0.2) is 0 Å². The summed E-state index contributed by atoms with van der Waals surface area (Å²) in [7, 11) is 0. The van der Waals surface area contributed by atoms with Crippen molar-refractivity contribution in [3.8, 4) is 0 Å². The Morgan fingerprint density at radius 1 is 1.26 bits per heavy atom. The van der Waals surface area contributed by atoms with Crippen molar-refractivity contribution in [2.24, 2.45) is 0 Å². The van der Waals surface area contributed by atoms with Gasteiger partial charge in [-0.05, 0) is 50.9 Å². The SMILES string of the molecule is CCNCc1cc(C)nc(N(CC)C2CCCC2)c1. The van der Waals surface area contributed by atoms with Crippen LogP contribution in [0, 0.1) is 6.92 Å². The predicted molar refractivity (Wildman–Crippen MR) is 81.6 cm³/mol. The summed E-state index contributed by atoms with van der Waals surface area (Å²) in [5.41, 5.74) is 2.47. The number of hydrogen-bond donors (Lipinski definition) is 1. The Hall–Kier alpha value is -1.09. The van der Waals surface area contributed by atoms with Crippen LogP contribution in [0.4, 0.5) is 5.82 Å². The van der Waals surface area contributed by atoms with E-state index in [4.69, 9.17) is 4.98 Å². The molecule has 3 heteroatoms. The van der Waals surface area contributed by atoms with E-state index in [1.54, 1.807) is 0 Å². The Morgan fingerprint density at radius 2 is 2.00 bits per heavy atom. The van der Waals surface area contributed by atoms with E-state index in [2.05, 4.69) is 43.1 Å². The Morgan fingerprint density at radius 3 is 2.63 bits per heavy atom. The minimum atomic E-state index is 0.700. The van der Waals surface area contributed by atoms with Gasteiger partial charge in [0.25, 0.3) is 0 Å². The highest BCUT2D eigenvalue weighted by Crippen LogP contribution is 2.27. The van der Waals surface area contributed by atoms with Gasteiger partial charge in [0.2, 0.25) is 0 Å². The van der Waals surface area contributed by atoms with Crippen LogP contribution in [0.15, 0.2) is 12.1 Å². The van der Waals surface area contributed by atoms with E-state index in [-0.39, 0.29) is 0 Å². The summed E-state index contributed by atoms with van der Waals surface area (Å²) < 4.78 is 0. The fraction of sp³-hybridized carbons (Fsp3) is 0.688. The van der Waals surface area contributed by atoms with Crippen molar-refractivity contribution in [1.29, 1.82) is 0 Å². The highest BCUT2D eigenvalue weighted by Gasteiger charge is 2.22. The van der Waals surface area contributed by atoms with Crippen molar-refractivity contribution >= 4 is 5.82 Å². The van der Waals surface area contributed by atoms with Crippen LogP contribution in [0.5, 0.6) is 0 Å². The molecule has 106 valence electrons. The largest absolute Gasteiger partial charge is 0.354 e. The van der Waals surface area contributed by atoms with Gasteiger partial charge >= 0.3 is 0 Å². The van der Waals surface area contributed by atoms with Crippen LogP contribution < -0.4 is 10.2 Å². The fourth-order valence-electron chi connectivity index (χ4n) is 3.06. The van der Waals surface area contributed by atoms with Crippen molar-refractivity contribution in [3.63, 3.8) is 0 Å². The standard InChI is InChI=1S/C16H27N3/c1-4-17-12-14-10-13(3)18-16(11-14)19(5-2)15-8-6-7-9-15/h10-11,15,17H,4-9,12H2,1-3H3. The number of hydrogen-bond acceptors (Lipinski definition) is 3. The molecule has 0 bridgehead atoms. The van der Waals surface area contributed by atoms with Crippen LogP contribution in [-0.4, -0.2) is 24.1 Å². The summed E-state index contributed by atoms with van der Waals surface area (Å²) in [5.74, 6) is 1.17. The maximum absolute atomic E-state index is 4.76. The zero-order valence-corrected chi connectivity index (χ0v) is 12.6. The van der Waals surface area contributed by atoms with Crippen molar-refractivity contribution < 1.29 is 0 Å². The molecule has 0 aliphatic heterocycles. The molecule has 0 saturated heterocycles. The van der Waals surface area contributed by atoms with E-state index < -0.39 is 0 Å². The van der Waals surface area contributed by atoms with E-state index in [0.29, 0.717) is 6.04 Å². The van der Waals surface area contributed by atoms with Gasteiger partial charge < -0.3 is 10.2 Å². The van der Waals surface area contributed by atoms with Gasteiger partial charge in [-0.1, -0.05) is 19.8 Å². The fourth-order valence-corrected chi connectivity index (χ4v) is 3.06. The van der Waals surface area contributed by atoms with Crippen LogP contribution in [0.1, 0.15) is 50.8 Å². The molecule has 1 fully saturated rings. The number of anilines is 1. The lowest BCUT2D eigenvalue weighted by Gasteiger charge is -2.29. The van der Waals surface area contributed by atoms with Crippen molar-refractivity contribution in [2.45, 2.75) is 59.0 Å². The second kappa shape index (κ2) is 6.90. The van der Waals surface area contributed by atoms with Gasteiger partial charge in [0, 0.05) is 24.8 Å². The van der Waals surface area contributed by atoms with Gasteiger partial charge in [-0.15, -0.1) is 0 Å². The predicted octanol–water partition coefficient (Wildman–Crippen LogP) is 3.27. The molecule has 3 nitrogen and oxygen atoms in total. The van der Waals surface area contributed by atoms with Gasteiger partial charge in [-0.3, -0.25) is 0 Å². The van der Waals surface area contributed by atoms with Crippen LogP contribution >= 0.6 is 0 Å². The molecule has 1 N–H and O–H groups in total. The molecule has 1 heterocycles. The third kappa shape index (κ3) is 3.69. The lowest BCUT2D eigenvalue weighted by Crippen LogP contribution is -2.34. The number of aryl methyl sites for hydroxylation is 1. The first kappa shape index (κ1) is 14.3. The third-order valence-electron chi connectivity index (χ3n) is 3.98. The number of pyridine rings is 1. The number of aromatic nitrogens is 1. The Bertz CT molecular complexity index is 397. The van der Waals surface area contributed by atoms with E-state index in [1.807, 2.05) is 0 Å². The highest BCUT2D eigenvalue weighted by molar-refractivity contribution is 5.44. The lowest BCUT2D eigenvalue weighted by atomic mass is 10.1. The lowest BCUT2D eigenvalue weighted by molar-refractivity contribution is 0.611. The molecule has 19 heavy (non-hydrogen) atoms. The first-order valence-electron chi connectivity index (χ1n) is 7.69. The van der Waals surface area contributed by atoms with Gasteiger partial charge in [-0.25, -0.2) is 4.98 Å². The number of nitrogens with one attached hydrogen (secondary N) is 1. The van der Waals surface area contributed by atoms with Crippen molar-refractivity contribution in [2.75, 3.05) is 18.0 Å². The molecule has 2 rings (SSSR count). The average Bonchev–Trinajstić information content (AvgIpc) is 2.90. The van der Waals surface area contributed by atoms with E-state index in [9.17, 15) is 0 Å². The van der Waals surface area contributed by atoms with Gasteiger partial charge in [-0.2, -0.15) is 0 Å². The second-order valence-electron chi connectivity index (χ2n) is 5.48. The van der Waals surface area contributed by atoms with Crippen LogP contribution in [0.25, 0.3) is 0 Å². The first-order chi connectivity index (χ1) is 9.24. The summed E-state index contributed by atoms with van der Waals surface area (Å²) in [6.45, 7) is 9.49. The minimum Gasteiger partial charge on any atom is -0.354 e. The third-order valence-corrected chi connectivity index (χ3v) is 3.98. The molecule has 0 amide bonds. The Labute approximate surface area is 117 Å². The van der Waals surface area contributed by atoms with Gasteiger partial charge in [0.05, 0.1) is 0 Å². The zero-order chi connectivity index (χ0) is 13.7. The maximum atomic E-state index is 4.76. The quantitative estimate of drug-likeness (QED) is 0.852. The molecule has 1 saturated carbocycles. The summed E-state index contributed by atoms with van der Waals surface area (Å²) >= 11 is 0. The van der Waals surface area contributed by atoms with Crippen LogP contribution in [0.3, 0.4) is 0 Å². The summed E-state index contributed by atoms with van der Waals surface area (Å²) in [6, 6.07) is 5.15. The first-order valence-corrected chi connectivity index (χ1v) is 7.69. The van der Waals surface area contributed by atoms with Crippen molar-refractivity contribution in [1.82, 2.24) is 10.3 Å². The molecule has 0 unspecified atom stereocenters. The average molecular weight is 261 g/mol. The molecule has 1 aromatic rings. The number of nitrogens with zero attached hydrogens (tertiary/aromatic N) is 2. The molecule has 1 aliphatic carbocycles. The second-order valence-corrected chi connectivity index (χ2v) is 5.48. The molecular weight excluding hydrogens is 234 g/mol. The maximum Gasteiger partial charge on any atom is 0.129 e. The molecular formula is C16H27N3. The molecule has 0 atom stereocenters. The van der Waals surface area contributed by atoms with Crippen LogP contribution in [0.2, 0.25) is 0 Å². The minimum absolute atomic E-state index is 0.700. The monoisotopic (exact) mass is 261 g/mol. The van der Waals surface area contributed by atoms with E-state index >= 15 is 0 Å². The topological polar surface area (TPSA) is 28.2 Å². The Balaban J connectivity index is 2.18. The molecule has 0 spiro atoms. The molecule has 0 radical (unpaired) electrons. The van der Waals surface area contributed by atoms with E-state index in [1.165, 1.54) is 37.1 Å².